The zero-order valence-corrected chi connectivity index (χ0v) is 7.71. The summed E-state index contributed by atoms with van der Waals surface area (Å²) in [5, 5.41) is 17.4. The summed E-state index contributed by atoms with van der Waals surface area (Å²) < 4.78 is 0.521. The minimum absolute atomic E-state index is 0.145. The van der Waals surface area contributed by atoms with Crippen LogP contribution in [0.1, 0.15) is 15.9 Å². The van der Waals surface area contributed by atoms with Gasteiger partial charge in [0.2, 0.25) is 0 Å². The largest absolute Gasteiger partial charge is 0.478 e. The molecule has 12 heavy (non-hydrogen) atoms. The molecule has 0 fully saturated rings. The Morgan fingerprint density at radius 3 is 2.67 bits per heavy atom. The third kappa shape index (κ3) is 1.84. The Kier molecular flexibility index (Phi) is 2.83. The lowest BCUT2D eigenvalue weighted by atomic mass is 10.1. The lowest BCUT2D eigenvalue weighted by Gasteiger charge is -2.00. The van der Waals surface area contributed by atoms with Crippen molar-refractivity contribution >= 4 is 21.9 Å². The van der Waals surface area contributed by atoms with Gasteiger partial charge in [-0.2, -0.15) is 0 Å². The van der Waals surface area contributed by atoms with E-state index in [0.29, 0.717) is 10.0 Å². The van der Waals surface area contributed by atoms with Gasteiger partial charge in [-0.3, -0.25) is 0 Å². The molecule has 1 aromatic carbocycles. The number of benzene rings is 1. The molecule has 0 aromatic heterocycles. The number of aliphatic hydroxyl groups is 1. The molecule has 2 N–H and O–H groups in total. The summed E-state index contributed by atoms with van der Waals surface area (Å²) in [6, 6.07) is 4.71. The molecule has 0 saturated carbocycles. The van der Waals surface area contributed by atoms with Gasteiger partial charge < -0.3 is 10.2 Å². The number of aromatic carboxylic acids is 1. The van der Waals surface area contributed by atoms with Crippen LogP contribution >= 0.6 is 15.9 Å². The first-order valence-corrected chi connectivity index (χ1v) is 4.07. The highest BCUT2D eigenvalue weighted by atomic mass is 79.9. The van der Waals surface area contributed by atoms with Crippen molar-refractivity contribution in [2.24, 2.45) is 0 Å². The summed E-state index contributed by atoms with van der Waals surface area (Å²) in [7, 11) is 0. The van der Waals surface area contributed by atoms with E-state index in [1.165, 1.54) is 6.07 Å². The molecule has 0 bridgehead atoms. The summed E-state index contributed by atoms with van der Waals surface area (Å²) in [4.78, 5) is 10.6. The fraction of sp³-hybridized carbons (Fsp3) is 0.125. The summed E-state index contributed by atoms with van der Waals surface area (Å²) in [6.45, 7) is -0.145. The van der Waals surface area contributed by atoms with E-state index in [9.17, 15) is 4.79 Å². The van der Waals surface area contributed by atoms with E-state index in [0.717, 1.165) is 0 Å². The molecular weight excluding hydrogens is 224 g/mol. The quantitative estimate of drug-likeness (QED) is 0.813. The van der Waals surface area contributed by atoms with Gasteiger partial charge in [0, 0.05) is 4.47 Å². The van der Waals surface area contributed by atoms with E-state index in [-0.39, 0.29) is 12.2 Å². The molecule has 0 atom stereocenters. The minimum Gasteiger partial charge on any atom is -0.478 e. The maximum absolute atomic E-state index is 10.6. The van der Waals surface area contributed by atoms with Crippen LogP contribution in [0.25, 0.3) is 0 Å². The molecule has 0 unspecified atom stereocenters. The standard InChI is InChI=1S/C8H7BrO3/c9-7-2-1-5(4-10)3-6(7)8(11)12/h1-3,10H,4H2,(H,11,12). The van der Waals surface area contributed by atoms with Gasteiger partial charge in [-0.05, 0) is 33.6 Å². The fourth-order valence-electron chi connectivity index (χ4n) is 0.835. The highest BCUT2D eigenvalue weighted by molar-refractivity contribution is 9.10. The van der Waals surface area contributed by atoms with Gasteiger partial charge in [-0.1, -0.05) is 6.07 Å². The van der Waals surface area contributed by atoms with Gasteiger partial charge in [0.1, 0.15) is 0 Å². The van der Waals surface area contributed by atoms with E-state index in [1.807, 2.05) is 0 Å². The zero-order valence-electron chi connectivity index (χ0n) is 6.12. The first-order valence-electron chi connectivity index (χ1n) is 3.27. The fourth-order valence-corrected chi connectivity index (χ4v) is 1.25. The molecule has 1 rings (SSSR count). The first-order chi connectivity index (χ1) is 5.65. The molecule has 0 spiro atoms. The second kappa shape index (κ2) is 3.69. The molecule has 0 saturated heterocycles. The average molecular weight is 231 g/mol. The number of carboxylic acid groups (broad SMARTS) is 1. The second-order valence-electron chi connectivity index (χ2n) is 2.28. The Morgan fingerprint density at radius 1 is 1.50 bits per heavy atom. The number of hydrogen-bond acceptors (Lipinski definition) is 2. The lowest BCUT2D eigenvalue weighted by Crippen LogP contribution is -1.98. The number of carbonyl (C=O) groups is 1. The Bertz CT molecular complexity index is 309. The van der Waals surface area contributed by atoms with Crippen LogP contribution in [0.3, 0.4) is 0 Å². The van der Waals surface area contributed by atoms with Crippen LogP contribution in [0.15, 0.2) is 22.7 Å². The van der Waals surface area contributed by atoms with Crippen LogP contribution in [-0.2, 0) is 6.61 Å². The van der Waals surface area contributed by atoms with Crippen LogP contribution in [0.2, 0.25) is 0 Å². The lowest BCUT2D eigenvalue weighted by molar-refractivity contribution is 0.0695. The SMILES string of the molecule is O=C(O)c1cc(CO)ccc1Br. The number of carboxylic acids is 1. The van der Waals surface area contributed by atoms with E-state index >= 15 is 0 Å². The summed E-state index contributed by atoms with van der Waals surface area (Å²) in [5.41, 5.74) is 0.761. The molecule has 0 radical (unpaired) electrons. The number of rotatable bonds is 2. The Morgan fingerprint density at radius 2 is 2.17 bits per heavy atom. The first kappa shape index (κ1) is 9.22. The van der Waals surface area contributed by atoms with Crippen LogP contribution < -0.4 is 0 Å². The van der Waals surface area contributed by atoms with Gasteiger partial charge in [-0.25, -0.2) is 4.79 Å². The van der Waals surface area contributed by atoms with E-state index in [4.69, 9.17) is 10.2 Å². The molecular formula is C8H7BrO3. The maximum atomic E-state index is 10.6. The number of aliphatic hydroxyl groups excluding tert-OH is 1. The van der Waals surface area contributed by atoms with Gasteiger partial charge >= 0.3 is 5.97 Å². The van der Waals surface area contributed by atoms with Crippen LogP contribution in [0, 0.1) is 0 Å². The molecule has 0 aliphatic rings. The predicted octanol–water partition coefficient (Wildman–Crippen LogP) is 1.64. The third-order valence-corrected chi connectivity index (χ3v) is 2.14. The van der Waals surface area contributed by atoms with Crippen LogP contribution in [0.4, 0.5) is 0 Å². The normalized spacial score (nSPS) is 9.83. The van der Waals surface area contributed by atoms with Crippen molar-refractivity contribution in [3.05, 3.63) is 33.8 Å². The molecule has 4 heteroatoms. The van der Waals surface area contributed by atoms with Crippen molar-refractivity contribution in [3.63, 3.8) is 0 Å². The topological polar surface area (TPSA) is 57.5 Å². The average Bonchev–Trinajstić information content (AvgIpc) is 2.05. The number of halogens is 1. The molecule has 0 amide bonds. The Labute approximate surface area is 77.8 Å². The molecule has 0 aliphatic carbocycles. The molecule has 0 aliphatic heterocycles. The maximum Gasteiger partial charge on any atom is 0.336 e. The molecule has 0 heterocycles. The second-order valence-corrected chi connectivity index (χ2v) is 3.13. The zero-order chi connectivity index (χ0) is 9.14. The highest BCUT2D eigenvalue weighted by Crippen LogP contribution is 2.18. The van der Waals surface area contributed by atoms with Gasteiger partial charge in [0.25, 0.3) is 0 Å². The van der Waals surface area contributed by atoms with Crippen molar-refractivity contribution in [1.82, 2.24) is 0 Å². The van der Waals surface area contributed by atoms with Gasteiger partial charge in [0.05, 0.1) is 12.2 Å². The third-order valence-electron chi connectivity index (χ3n) is 1.44. The summed E-state index contributed by atoms with van der Waals surface area (Å²) in [5.74, 6) is -1.00. The van der Waals surface area contributed by atoms with E-state index in [2.05, 4.69) is 15.9 Å². The smallest absolute Gasteiger partial charge is 0.336 e. The van der Waals surface area contributed by atoms with Crippen molar-refractivity contribution in [3.8, 4) is 0 Å². The van der Waals surface area contributed by atoms with Gasteiger partial charge in [0.15, 0.2) is 0 Å². The predicted molar refractivity (Wildman–Crippen MR) is 47.0 cm³/mol. The van der Waals surface area contributed by atoms with Crippen molar-refractivity contribution in [2.75, 3.05) is 0 Å². The Hall–Kier alpha value is -0.870. The number of hydrogen-bond donors (Lipinski definition) is 2. The summed E-state index contributed by atoms with van der Waals surface area (Å²) in [6.07, 6.45) is 0. The molecule has 64 valence electrons. The molecule has 3 nitrogen and oxygen atoms in total. The van der Waals surface area contributed by atoms with Crippen molar-refractivity contribution in [1.29, 1.82) is 0 Å². The van der Waals surface area contributed by atoms with Crippen molar-refractivity contribution in [2.45, 2.75) is 6.61 Å². The highest BCUT2D eigenvalue weighted by Gasteiger charge is 2.07. The Balaban J connectivity index is 3.17. The van der Waals surface area contributed by atoms with Crippen LogP contribution in [0.5, 0.6) is 0 Å². The van der Waals surface area contributed by atoms with E-state index < -0.39 is 5.97 Å². The van der Waals surface area contributed by atoms with E-state index in [1.54, 1.807) is 12.1 Å². The monoisotopic (exact) mass is 230 g/mol. The minimum atomic E-state index is -1.00. The van der Waals surface area contributed by atoms with Gasteiger partial charge in [-0.15, -0.1) is 0 Å². The molecule has 1 aromatic rings. The summed E-state index contributed by atoms with van der Waals surface area (Å²) >= 11 is 3.10. The van der Waals surface area contributed by atoms with Crippen molar-refractivity contribution < 1.29 is 15.0 Å². The van der Waals surface area contributed by atoms with Crippen LogP contribution in [-0.4, -0.2) is 16.2 Å².